The Morgan fingerprint density at radius 2 is 2.25 bits per heavy atom. The lowest BCUT2D eigenvalue weighted by Crippen LogP contribution is -2.39. The molecule has 1 aromatic heterocycles. The number of amides is 1. The van der Waals surface area contributed by atoms with E-state index in [4.69, 9.17) is 0 Å². The predicted molar refractivity (Wildman–Crippen MR) is 93.8 cm³/mol. The SMILES string of the molecule is CCc1nc(CN(C2CC2)[C@@H](C)CC(=O)NCCC(=O)OC)cs1. The molecule has 0 radical (unpaired) electrons. The molecule has 1 atom stereocenters. The van der Waals surface area contributed by atoms with E-state index < -0.39 is 0 Å². The van der Waals surface area contributed by atoms with E-state index in [1.807, 2.05) is 0 Å². The number of carbonyl (C=O) groups is 2. The van der Waals surface area contributed by atoms with E-state index in [0.717, 1.165) is 23.7 Å². The van der Waals surface area contributed by atoms with Crippen LogP contribution in [-0.2, 0) is 27.3 Å². The fourth-order valence-electron chi connectivity index (χ4n) is 2.69. The van der Waals surface area contributed by atoms with Gasteiger partial charge in [0.1, 0.15) is 0 Å². The first-order valence-electron chi connectivity index (χ1n) is 8.56. The van der Waals surface area contributed by atoms with Gasteiger partial charge in [-0.1, -0.05) is 6.92 Å². The third-order valence-electron chi connectivity index (χ3n) is 4.19. The first kappa shape index (κ1) is 18.9. The Morgan fingerprint density at radius 1 is 1.50 bits per heavy atom. The van der Waals surface area contributed by atoms with Crippen molar-refractivity contribution in [3.8, 4) is 0 Å². The Bertz CT molecular complexity index is 557. The summed E-state index contributed by atoms with van der Waals surface area (Å²) in [5.74, 6) is -0.331. The number of nitrogens with one attached hydrogen (secondary N) is 1. The van der Waals surface area contributed by atoms with Gasteiger partial charge in [0, 0.05) is 37.0 Å². The minimum Gasteiger partial charge on any atom is -0.469 e. The topological polar surface area (TPSA) is 71.5 Å². The van der Waals surface area contributed by atoms with Crippen LogP contribution in [-0.4, -0.2) is 47.5 Å². The summed E-state index contributed by atoms with van der Waals surface area (Å²) in [7, 11) is 1.35. The monoisotopic (exact) mass is 353 g/mol. The second-order valence-electron chi connectivity index (χ2n) is 6.22. The van der Waals surface area contributed by atoms with Crippen LogP contribution >= 0.6 is 11.3 Å². The highest BCUT2D eigenvalue weighted by molar-refractivity contribution is 7.09. The number of hydrogen-bond acceptors (Lipinski definition) is 6. The molecule has 1 amide bonds. The van der Waals surface area contributed by atoms with Crippen LogP contribution in [0.15, 0.2) is 5.38 Å². The van der Waals surface area contributed by atoms with Gasteiger partial charge in [0.15, 0.2) is 0 Å². The quantitative estimate of drug-likeness (QED) is 0.653. The van der Waals surface area contributed by atoms with E-state index in [-0.39, 0.29) is 24.3 Å². The van der Waals surface area contributed by atoms with Gasteiger partial charge in [-0.15, -0.1) is 11.3 Å². The fourth-order valence-corrected chi connectivity index (χ4v) is 3.42. The zero-order valence-corrected chi connectivity index (χ0v) is 15.5. The van der Waals surface area contributed by atoms with E-state index in [1.54, 1.807) is 11.3 Å². The first-order chi connectivity index (χ1) is 11.5. The Hall–Kier alpha value is -1.47. The molecule has 0 unspecified atom stereocenters. The number of ether oxygens (including phenoxy) is 1. The van der Waals surface area contributed by atoms with Gasteiger partial charge in [0.25, 0.3) is 0 Å². The van der Waals surface area contributed by atoms with E-state index >= 15 is 0 Å². The van der Waals surface area contributed by atoms with Crippen molar-refractivity contribution in [1.82, 2.24) is 15.2 Å². The molecule has 1 aliphatic rings. The van der Waals surface area contributed by atoms with Gasteiger partial charge >= 0.3 is 5.97 Å². The van der Waals surface area contributed by atoms with E-state index in [0.29, 0.717) is 19.0 Å². The van der Waals surface area contributed by atoms with Crippen LogP contribution in [0, 0.1) is 0 Å². The Balaban J connectivity index is 1.81. The number of carbonyl (C=O) groups excluding carboxylic acids is 2. The van der Waals surface area contributed by atoms with Crippen LogP contribution in [0.5, 0.6) is 0 Å². The molecule has 1 heterocycles. The Morgan fingerprint density at radius 3 is 2.83 bits per heavy atom. The van der Waals surface area contributed by atoms with Gasteiger partial charge < -0.3 is 10.1 Å². The predicted octanol–water partition coefficient (Wildman–Crippen LogP) is 2.13. The maximum absolute atomic E-state index is 12.1. The number of hydrogen-bond donors (Lipinski definition) is 1. The number of rotatable bonds is 10. The average molecular weight is 353 g/mol. The van der Waals surface area contributed by atoms with Crippen molar-refractivity contribution < 1.29 is 14.3 Å². The molecule has 1 aliphatic carbocycles. The maximum atomic E-state index is 12.1. The molecule has 6 nitrogen and oxygen atoms in total. The Kier molecular flexibility index (Phi) is 7.17. The van der Waals surface area contributed by atoms with E-state index in [2.05, 4.69) is 39.2 Å². The zero-order valence-electron chi connectivity index (χ0n) is 14.7. The zero-order chi connectivity index (χ0) is 17.5. The molecule has 0 bridgehead atoms. The molecule has 1 aromatic rings. The fraction of sp³-hybridized carbons (Fsp3) is 0.706. The van der Waals surface area contributed by atoms with Crippen LogP contribution in [0.2, 0.25) is 0 Å². The average Bonchev–Trinajstić information content (AvgIpc) is 3.30. The number of thiazole rings is 1. The number of aryl methyl sites for hydroxylation is 1. The van der Waals surface area contributed by atoms with Gasteiger partial charge in [-0.25, -0.2) is 4.98 Å². The summed E-state index contributed by atoms with van der Waals surface area (Å²) in [6.45, 7) is 5.33. The van der Waals surface area contributed by atoms with E-state index in [9.17, 15) is 9.59 Å². The van der Waals surface area contributed by atoms with Crippen LogP contribution in [0.25, 0.3) is 0 Å². The summed E-state index contributed by atoms with van der Waals surface area (Å²) in [4.78, 5) is 30.2. The third kappa shape index (κ3) is 5.87. The molecule has 0 saturated heterocycles. The second kappa shape index (κ2) is 9.13. The highest BCUT2D eigenvalue weighted by Crippen LogP contribution is 2.31. The third-order valence-corrected chi connectivity index (χ3v) is 5.23. The molecular weight excluding hydrogens is 326 g/mol. The molecule has 0 aliphatic heterocycles. The Labute approximate surface area is 147 Å². The molecule has 134 valence electrons. The lowest BCUT2D eigenvalue weighted by molar-refractivity contribution is -0.140. The van der Waals surface area contributed by atoms with Gasteiger partial charge in [-0.2, -0.15) is 0 Å². The number of nitrogens with zero attached hydrogens (tertiary/aromatic N) is 2. The van der Waals surface area contributed by atoms with E-state index in [1.165, 1.54) is 20.0 Å². The summed E-state index contributed by atoms with van der Waals surface area (Å²) in [6.07, 6.45) is 3.99. The smallest absolute Gasteiger partial charge is 0.307 e. The van der Waals surface area contributed by atoms with Crippen molar-refractivity contribution in [3.05, 3.63) is 16.1 Å². The largest absolute Gasteiger partial charge is 0.469 e. The summed E-state index contributed by atoms with van der Waals surface area (Å²) in [6, 6.07) is 0.719. The summed E-state index contributed by atoms with van der Waals surface area (Å²) in [5, 5.41) is 6.07. The van der Waals surface area contributed by atoms with Crippen LogP contribution < -0.4 is 5.32 Å². The molecular formula is C17H27N3O3S. The summed E-state index contributed by atoms with van der Waals surface area (Å²) < 4.78 is 4.56. The van der Waals surface area contributed by atoms with Crippen LogP contribution in [0.1, 0.15) is 50.2 Å². The normalized spacial score (nSPS) is 15.3. The number of esters is 1. The van der Waals surface area contributed by atoms with Gasteiger partial charge in [-0.3, -0.25) is 14.5 Å². The molecule has 2 rings (SSSR count). The molecule has 1 saturated carbocycles. The minimum absolute atomic E-state index is 0.0235. The standard InChI is InChI=1S/C17H27N3O3S/c1-4-16-19-13(11-24-16)10-20(14-5-6-14)12(2)9-15(21)18-8-7-17(22)23-3/h11-12,14H,4-10H2,1-3H3,(H,18,21)/t12-/m0/s1. The molecule has 24 heavy (non-hydrogen) atoms. The van der Waals surface area contributed by atoms with Gasteiger partial charge in [0.2, 0.25) is 5.91 Å². The molecule has 0 aromatic carbocycles. The highest BCUT2D eigenvalue weighted by Gasteiger charge is 2.33. The second-order valence-corrected chi connectivity index (χ2v) is 7.16. The van der Waals surface area contributed by atoms with Gasteiger partial charge in [-0.05, 0) is 26.2 Å². The molecule has 1 N–H and O–H groups in total. The molecule has 0 spiro atoms. The maximum Gasteiger partial charge on any atom is 0.307 e. The van der Waals surface area contributed by atoms with Crippen LogP contribution in [0.3, 0.4) is 0 Å². The van der Waals surface area contributed by atoms with Crippen molar-refractivity contribution in [1.29, 1.82) is 0 Å². The number of aromatic nitrogens is 1. The molecule has 7 heteroatoms. The minimum atomic E-state index is -0.307. The first-order valence-corrected chi connectivity index (χ1v) is 9.44. The van der Waals surface area contributed by atoms with Crippen LogP contribution in [0.4, 0.5) is 0 Å². The summed E-state index contributed by atoms with van der Waals surface area (Å²) in [5.41, 5.74) is 1.10. The molecule has 1 fully saturated rings. The van der Waals surface area contributed by atoms with Gasteiger partial charge in [0.05, 0.1) is 24.2 Å². The summed E-state index contributed by atoms with van der Waals surface area (Å²) >= 11 is 1.70. The number of methoxy groups -OCH3 is 1. The lowest BCUT2D eigenvalue weighted by atomic mass is 10.1. The van der Waals surface area contributed by atoms with Crippen molar-refractivity contribution in [2.45, 2.75) is 64.6 Å². The highest BCUT2D eigenvalue weighted by atomic mass is 32.1. The lowest BCUT2D eigenvalue weighted by Gasteiger charge is -2.28. The van der Waals surface area contributed by atoms with Crippen molar-refractivity contribution in [2.24, 2.45) is 0 Å². The van der Waals surface area contributed by atoms with Crippen molar-refractivity contribution in [2.75, 3.05) is 13.7 Å². The van der Waals surface area contributed by atoms with Crippen molar-refractivity contribution in [3.63, 3.8) is 0 Å². The van der Waals surface area contributed by atoms with Crippen molar-refractivity contribution >= 4 is 23.2 Å².